The summed E-state index contributed by atoms with van der Waals surface area (Å²) in [7, 11) is 3.14. The topological polar surface area (TPSA) is 45.2 Å². The number of phenols is 1. The standard InChI is InChI=1S/C21H30N2O3/c1-25-19-11-16(12-20(26-2)21(19)24)13-22-5-7-23(8-6-22)14-18-10-15-3-4-17(18)9-15/h3-4,11-12,15,17-18,24H,5-10,13-14H2,1-2H3/t15-,17+,18+/m1/s1. The highest BCUT2D eigenvalue weighted by atomic mass is 16.5. The Morgan fingerprint density at radius 2 is 1.62 bits per heavy atom. The third kappa shape index (κ3) is 3.55. The molecule has 3 aliphatic rings. The highest BCUT2D eigenvalue weighted by Crippen LogP contribution is 2.43. The van der Waals surface area contributed by atoms with Crippen molar-refractivity contribution in [2.75, 3.05) is 46.9 Å². The molecule has 2 bridgehead atoms. The van der Waals surface area contributed by atoms with Gasteiger partial charge in [0.25, 0.3) is 0 Å². The Kier molecular flexibility index (Phi) is 5.09. The van der Waals surface area contributed by atoms with Gasteiger partial charge in [-0.2, -0.15) is 0 Å². The number of ether oxygens (including phenoxy) is 2. The summed E-state index contributed by atoms with van der Waals surface area (Å²) in [5, 5.41) is 10.1. The summed E-state index contributed by atoms with van der Waals surface area (Å²) in [6.45, 7) is 6.58. The fourth-order valence-corrected chi connectivity index (χ4v) is 4.86. The van der Waals surface area contributed by atoms with Crippen molar-refractivity contribution in [3.63, 3.8) is 0 Å². The van der Waals surface area contributed by atoms with Crippen molar-refractivity contribution >= 4 is 0 Å². The molecule has 2 fully saturated rings. The number of piperazine rings is 1. The van der Waals surface area contributed by atoms with Gasteiger partial charge >= 0.3 is 0 Å². The predicted molar refractivity (Wildman–Crippen MR) is 102 cm³/mol. The summed E-state index contributed by atoms with van der Waals surface area (Å²) in [5.41, 5.74) is 1.11. The number of methoxy groups -OCH3 is 2. The van der Waals surface area contributed by atoms with E-state index in [9.17, 15) is 5.11 Å². The molecule has 1 heterocycles. The summed E-state index contributed by atoms with van der Waals surface area (Å²) in [5.74, 6) is 3.61. The second-order valence-electron chi connectivity index (χ2n) is 7.97. The Hall–Kier alpha value is -1.72. The number of rotatable bonds is 6. The number of nitrogens with zero attached hydrogens (tertiary/aromatic N) is 2. The molecule has 1 saturated carbocycles. The molecule has 1 saturated heterocycles. The minimum Gasteiger partial charge on any atom is -0.502 e. The van der Waals surface area contributed by atoms with Gasteiger partial charge in [0, 0.05) is 39.3 Å². The van der Waals surface area contributed by atoms with E-state index in [1.54, 1.807) is 14.2 Å². The number of fused-ring (bicyclic) bond motifs is 2. The summed E-state index contributed by atoms with van der Waals surface area (Å²) in [6, 6.07) is 3.82. The first-order chi connectivity index (χ1) is 12.7. The van der Waals surface area contributed by atoms with Crippen molar-refractivity contribution in [3.8, 4) is 17.2 Å². The van der Waals surface area contributed by atoms with E-state index >= 15 is 0 Å². The van der Waals surface area contributed by atoms with Gasteiger partial charge in [-0.3, -0.25) is 4.90 Å². The van der Waals surface area contributed by atoms with Gasteiger partial charge in [0.15, 0.2) is 11.5 Å². The molecule has 26 heavy (non-hydrogen) atoms. The van der Waals surface area contributed by atoms with E-state index in [-0.39, 0.29) is 5.75 Å². The Labute approximate surface area is 156 Å². The van der Waals surface area contributed by atoms with Crippen molar-refractivity contribution in [2.24, 2.45) is 17.8 Å². The van der Waals surface area contributed by atoms with Gasteiger partial charge in [0.1, 0.15) is 0 Å². The number of phenolic OH excluding ortho intramolecular Hbond substituents is 1. The predicted octanol–water partition coefficient (Wildman–Crippen LogP) is 2.74. The Morgan fingerprint density at radius 3 is 2.15 bits per heavy atom. The summed E-state index contributed by atoms with van der Waals surface area (Å²) in [4.78, 5) is 5.12. The lowest BCUT2D eigenvalue weighted by Gasteiger charge is -2.37. The van der Waals surface area contributed by atoms with Gasteiger partial charge in [-0.05, 0) is 48.3 Å². The van der Waals surface area contributed by atoms with Crippen LogP contribution in [0, 0.1) is 17.8 Å². The third-order valence-corrected chi connectivity index (χ3v) is 6.32. The molecule has 0 amide bonds. The Morgan fingerprint density at radius 1 is 0.962 bits per heavy atom. The fourth-order valence-electron chi connectivity index (χ4n) is 4.86. The lowest BCUT2D eigenvalue weighted by molar-refractivity contribution is 0.108. The van der Waals surface area contributed by atoms with Gasteiger partial charge in [0.05, 0.1) is 14.2 Å². The molecule has 0 radical (unpaired) electrons. The van der Waals surface area contributed by atoms with Crippen LogP contribution < -0.4 is 9.47 Å². The quantitative estimate of drug-likeness (QED) is 0.792. The molecule has 1 aromatic rings. The van der Waals surface area contributed by atoms with Crippen LogP contribution in [0.1, 0.15) is 18.4 Å². The van der Waals surface area contributed by atoms with Crippen LogP contribution in [0.2, 0.25) is 0 Å². The lowest BCUT2D eigenvalue weighted by atomic mass is 9.93. The second kappa shape index (κ2) is 7.49. The minimum absolute atomic E-state index is 0.0727. The first-order valence-corrected chi connectivity index (χ1v) is 9.73. The smallest absolute Gasteiger partial charge is 0.200 e. The van der Waals surface area contributed by atoms with Gasteiger partial charge in [-0.25, -0.2) is 0 Å². The highest BCUT2D eigenvalue weighted by Gasteiger charge is 2.36. The van der Waals surface area contributed by atoms with Crippen molar-refractivity contribution in [3.05, 3.63) is 29.8 Å². The Bertz CT molecular complexity index is 642. The number of hydrogen-bond acceptors (Lipinski definition) is 5. The molecule has 1 N–H and O–H groups in total. The van der Waals surface area contributed by atoms with E-state index < -0.39 is 0 Å². The molecule has 5 nitrogen and oxygen atoms in total. The molecule has 5 heteroatoms. The highest BCUT2D eigenvalue weighted by molar-refractivity contribution is 5.52. The number of aromatic hydroxyl groups is 1. The molecule has 2 aliphatic carbocycles. The largest absolute Gasteiger partial charge is 0.502 e. The molecule has 142 valence electrons. The van der Waals surface area contributed by atoms with Crippen molar-refractivity contribution < 1.29 is 14.6 Å². The first-order valence-electron chi connectivity index (χ1n) is 9.73. The normalized spacial score (nSPS) is 28.6. The third-order valence-electron chi connectivity index (χ3n) is 6.32. The molecule has 0 aromatic heterocycles. The van der Waals surface area contributed by atoms with Crippen molar-refractivity contribution in [1.82, 2.24) is 9.80 Å². The SMILES string of the molecule is COc1cc(CN2CCN(C[C@@H]3C[C@@H]4C=C[C@H]3C4)CC2)cc(OC)c1O. The van der Waals surface area contributed by atoms with Crippen LogP contribution in [-0.4, -0.2) is 61.8 Å². The van der Waals surface area contributed by atoms with Gasteiger partial charge in [-0.1, -0.05) is 12.2 Å². The molecule has 1 aromatic carbocycles. The lowest BCUT2D eigenvalue weighted by Crippen LogP contribution is -2.47. The van der Waals surface area contributed by atoms with E-state index in [1.807, 2.05) is 12.1 Å². The minimum atomic E-state index is 0.0727. The maximum absolute atomic E-state index is 10.1. The average Bonchev–Trinajstić information content (AvgIpc) is 3.27. The van der Waals surface area contributed by atoms with E-state index in [0.717, 1.165) is 56.0 Å². The van der Waals surface area contributed by atoms with Crippen molar-refractivity contribution in [1.29, 1.82) is 0 Å². The van der Waals surface area contributed by atoms with Gasteiger partial charge in [0.2, 0.25) is 5.75 Å². The Balaban J connectivity index is 1.30. The maximum atomic E-state index is 10.1. The average molecular weight is 358 g/mol. The fraction of sp³-hybridized carbons (Fsp3) is 0.619. The second-order valence-corrected chi connectivity index (χ2v) is 7.97. The molecule has 4 rings (SSSR count). The number of allylic oxidation sites excluding steroid dienone is 2. The van der Waals surface area contributed by atoms with Crippen LogP contribution in [0.25, 0.3) is 0 Å². The molecule has 3 atom stereocenters. The molecular formula is C21H30N2O3. The maximum Gasteiger partial charge on any atom is 0.200 e. The summed E-state index contributed by atoms with van der Waals surface area (Å²) in [6.07, 6.45) is 7.68. The van der Waals surface area contributed by atoms with Gasteiger partial charge in [-0.15, -0.1) is 0 Å². The monoisotopic (exact) mass is 358 g/mol. The zero-order chi connectivity index (χ0) is 18.1. The van der Waals surface area contributed by atoms with Crippen LogP contribution in [0.3, 0.4) is 0 Å². The number of benzene rings is 1. The summed E-state index contributed by atoms with van der Waals surface area (Å²) >= 11 is 0. The van der Waals surface area contributed by atoms with Gasteiger partial charge < -0.3 is 19.5 Å². The molecular weight excluding hydrogens is 328 g/mol. The molecule has 0 unspecified atom stereocenters. The first kappa shape index (κ1) is 17.7. The summed E-state index contributed by atoms with van der Waals surface area (Å²) < 4.78 is 10.5. The van der Waals surface area contributed by atoms with Crippen LogP contribution in [-0.2, 0) is 6.54 Å². The van der Waals surface area contributed by atoms with Crippen LogP contribution in [0.4, 0.5) is 0 Å². The van der Waals surface area contributed by atoms with Crippen molar-refractivity contribution in [2.45, 2.75) is 19.4 Å². The zero-order valence-electron chi connectivity index (χ0n) is 15.9. The van der Waals surface area contributed by atoms with E-state index in [2.05, 4.69) is 22.0 Å². The molecule has 0 spiro atoms. The molecule has 1 aliphatic heterocycles. The zero-order valence-corrected chi connectivity index (χ0v) is 15.9. The van der Waals surface area contributed by atoms with Crippen LogP contribution in [0.15, 0.2) is 24.3 Å². The van der Waals surface area contributed by atoms with E-state index in [4.69, 9.17) is 9.47 Å². The van der Waals surface area contributed by atoms with Crippen LogP contribution in [0.5, 0.6) is 17.2 Å². The van der Waals surface area contributed by atoms with E-state index in [1.165, 1.54) is 19.4 Å². The van der Waals surface area contributed by atoms with E-state index in [0.29, 0.717) is 11.5 Å². The number of hydrogen-bond donors (Lipinski definition) is 1. The van der Waals surface area contributed by atoms with Crippen LogP contribution >= 0.6 is 0 Å².